The molecule has 1 aromatic carbocycles. The third-order valence-corrected chi connectivity index (χ3v) is 6.48. The van der Waals surface area contributed by atoms with Gasteiger partial charge in [-0.1, -0.05) is 91.0 Å². The second kappa shape index (κ2) is 14.6. The highest BCUT2D eigenvalue weighted by molar-refractivity contribution is 7.80. The highest BCUT2D eigenvalue weighted by Gasteiger charge is 2.08. The first-order valence-corrected chi connectivity index (χ1v) is 12.7. The molecule has 0 radical (unpaired) electrons. The molecule has 3 heteroatoms. The van der Waals surface area contributed by atoms with Crippen LogP contribution in [0.2, 0.25) is 0 Å². The fourth-order valence-electron chi connectivity index (χ4n) is 3.88. The fraction of sp³-hybridized carbons (Fsp3) is 0.630. The Labute approximate surface area is 190 Å². The zero-order chi connectivity index (χ0) is 21.6. The second-order valence-electron chi connectivity index (χ2n) is 8.92. The number of rotatable bonds is 15. The van der Waals surface area contributed by atoms with Crippen molar-refractivity contribution in [2.45, 2.75) is 109 Å². The van der Waals surface area contributed by atoms with Crippen LogP contribution in [0.25, 0.3) is 11.4 Å². The molecular weight excluding hydrogens is 384 g/mol. The number of nitrogens with zero attached hydrogens (tertiary/aromatic N) is 2. The van der Waals surface area contributed by atoms with Crippen LogP contribution < -0.4 is 0 Å². The molecule has 1 atom stereocenters. The molecule has 2 nitrogen and oxygen atoms in total. The number of hydrogen-bond acceptors (Lipinski definition) is 3. The molecular formula is C27H42N2S. The molecule has 0 aliphatic carbocycles. The van der Waals surface area contributed by atoms with Crippen molar-refractivity contribution in [2.24, 2.45) is 5.92 Å². The number of benzene rings is 1. The first kappa shape index (κ1) is 24.9. The number of aryl methyl sites for hydroxylation is 1. The van der Waals surface area contributed by atoms with E-state index in [0.717, 1.165) is 29.1 Å². The molecule has 0 N–H and O–H groups in total. The summed E-state index contributed by atoms with van der Waals surface area (Å²) in [5, 5.41) is 0. The third-order valence-electron chi connectivity index (χ3n) is 6.11. The van der Waals surface area contributed by atoms with E-state index in [-0.39, 0.29) is 0 Å². The fourth-order valence-corrected chi connectivity index (χ4v) is 4.22. The van der Waals surface area contributed by atoms with Crippen molar-refractivity contribution < 1.29 is 0 Å². The van der Waals surface area contributed by atoms with Crippen molar-refractivity contribution in [3.8, 4) is 11.4 Å². The number of hydrogen-bond donors (Lipinski definition) is 1. The van der Waals surface area contributed by atoms with E-state index >= 15 is 0 Å². The predicted molar refractivity (Wildman–Crippen MR) is 133 cm³/mol. The number of unbranched alkanes of at least 4 members (excludes halogenated alkanes) is 9. The van der Waals surface area contributed by atoms with Crippen LogP contribution in [0.3, 0.4) is 0 Å². The number of thiol groups is 1. The zero-order valence-electron chi connectivity index (χ0n) is 19.5. The molecule has 1 aromatic heterocycles. The molecule has 2 rings (SSSR count). The van der Waals surface area contributed by atoms with Crippen LogP contribution in [0.4, 0.5) is 0 Å². The van der Waals surface area contributed by atoms with Gasteiger partial charge in [-0.2, -0.15) is 0 Å². The summed E-state index contributed by atoms with van der Waals surface area (Å²) in [6.45, 7) is 6.82. The minimum atomic E-state index is 0.699. The Morgan fingerprint density at radius 1 is 0.800 bits per heavy atom. The molecule has 0 aliphatic heterocycles. The van der Waals surface area contributed by atoms with Crippen molar-refractivity contribution in [1.82, 2.24) is 9.97 Å². The number of aromatic nitrogens is 2. The van der Waals surface area contributed by atoms with Crippen LogP contribution in [-0.2, 0) is 12.8 Å². The molecule has 1 unspecified atom stereocenters. The molecule has 166 valence electrons. The normalized spacial score (nSPS) is 12.3. The largest absolute Gasteiger partial charge is 0.236 e. The van der Waals surface area contributed by atoms with Gasteiger partial charge in [-0.05, 0) is 48.4 Å². The molecule has 0 bridgehead atoms. The highest BCUT2D eigenvalue weighted by Crippen LogP contribution is 2.26. The van der Waals surface area contributed by atoms with E-state index in [9.17, 15) is 0 Å². The van der Waals surface area contributed by atoms with Gasteiger partial charge in [-0.25, -0.2) is 9.97 Å². The van der Waals surface area contributed by atoms with E-state index in [1.165, 1.54) is 81.8 Å². The average molecular weight is 427 g/mol. The molecule has 1 heterocycles. The van der Waals surface area contributed by atoms with Gasteiger partial charge in [-0.3, -0.25) is 0 Å². The van der Waals surface area contributed by atoms with Gasteiger partial charge in [0.1, 0.15) is 0 Å². The van der Waals surface area contributed by atoms with Gasteiger partial charge in [0.2, 0.25) is 0 Å². The quantitative estimate of drug-likeness (QED) is 0.228. The Kier molecular flexibility index (Phi) is 12.1. The summed E-state index contributed by atoms with van der Waals surface area (Å²) >= 11 is 4.70. The first-order valence-electron chi connectivity index (χ1n) is 12.3. The van der Waals surface area contributed by atoms with E-state index in [1.807, 2.05) is 12.4 Å². The summed E-state index contributed by atoms with van der Waals surface area (Å²) in [6.07, 6.45) is 21.1. The minimum Gasteiger partial charge on any atom is -0.236 e. The molecule has 0 fully saturated rings. The summed E-state index contributed by atoms with van der Waals surface area (Å²) in [6, 6.07) is 6.49. The lowest BCUT2D eigenvalue weighted by molar-refractivity contribution is 0.556. The van der Waals surface area contributed by atoms with E-state index in [2.05, 4.69) is 48.9 Å². The molecule has 0 saturated carbocycles. The maximum absolute atomic E-state index is 4.70. The Morgan fingerprint density at radius 2 is 1.40 bits per heavy atom. The average Bonchev–Trinajstić information content (AvgIpc) is 2.75. The summed E-state index contributed by atoms with van der Waals surface area (Å²) in [4.78, 5) is 10.2. The van der Waals surface area contributed by atoms with Gasteiger partial charge in [0.15, 0.2) is 5.82 Å². The van der Waals surface area contributed by atoms with Gasteiger partial charge in [0.25, 0.3) is 0 Å². The summed E-state index contributed by atoms with van der Waals surface area (Å²) in [7, 11) is 0. The van der Waals surface area contributed by atoms with E-state index in [1.54, 1.807) is 0 Å². The minimum absolute atomic E-state index is 0.699. The predicted octanol–water partition coefficient (Wildman–Crippen LogP) is 8.48. The summed E-state index contributed by atoms with van der Waals surface area (Å²) in [5.74, 6) is 1.48. The maximum atomic E-state index is 4.70. The summed E-state index contributed by atoms with van der Waals surface area (Å²) in [5.41, 5.74) is 3.61. The van der Waals surface area contributed by atoms with Crippen LogP contribution in [0.15, 0.2) is 35.5 Å². The van der Waals surface area contributed by atoms with E-state index in [0.29, 0.717) is 5.92 Å². The van der Waals surface area contributed by atoms with Crippen LogP contribution in [0.5, 0.6) is 0 Å². The van der Waals surface area contributed by atoms with Gasteiger partial charge in [0.05, 0.1) is 0 Å². The molecule has 30 heavy (non-hydrogen) atoms. The molecule has 0 amide bonds. The third kappa shape index (κ3) is 9.20. The Bertz CT molecular complexity index is 711. The van der Waals surface area contributed by atoms with Crippen molar-refractivity contribution >= 4 is 12.6 Å². The van der Waals surface area contributed by atoms with E-state index < -0.39 is 0 Å². The standard InChI is InChI=1S/C27H42N2S/c1-4-6-7-8-9-10-11-12-13-14-15-24-20-28-27(29-21-24)25-17-16-23(19-26(25)30)18-22(3)5-2/h16-17,19-22,30H,4-15,18H2,1-3H3. The molecule has 2 aromatic rings. The lowest BCUT2D eigenvalue weighted by Crippen LogP contribution is -1.99. The first-order chi connectivity index (χ1) is 14.6. The van der Waals surface area contributed by atoms with E-state index in [4.69, 9.17) is 12.6 Å². The van der Waals surface area contributed by atoms with Crippen molar-refractivity contribution in [2.75, 3.05) is 0 Å². The highest BCUT2D eigenvalue weighted by atomic mass is 32.1. The molecule has 0 aliphatic rings. The maximum Gasteiger partial charge on any atom is 0.160 e. The van der Waals surface area contributed by atoms with Crippen molar-refractivity contribution in [3.63, 3.8) is 0 Å². The monoisotopic (exact) mass is 426 g/mol. The van der Waals surface area contributed by atoms with Crippen molar-refractivity contribution in [1.29, 1.82) is 0 Å². The lowest BCUT2D eigenvalue weighted by atomic mass is 9.98. The van der Waals surface area contributed by atoms with Crippen LogP contribution in [0.1, 0.15) is 103 Å². The van der Waals surface area contributed by atoms with Crippen LogP contribution >= 0.6 is 12.6 Å². The Morgan fingerprint density at radius 3 is 1.97 bits per heavy atom. The second-order valence-corrected chi connectivity index (χ2v) is 9.40. The van der Waals surface area contributed by atoms with Crippen LogP contribution in [-0.4, -0.2) is 9.97 Å². The van der Waals surface area contributed by atoms with Crippen LogP contribution in [0, 0.1) is 5.92 Å². The summed E-state index contributed by atoms with van der Waals surface area (Å²) < 4.78 is 0. The molecule has 0 saturated heterocycles. The van der Waals surface area contributed by atoms with Gasteiger partial charge >= 0.3 is 0 Å². The van der Waals surface area contributed by atoms with Gasteiger partial charge in [-0.15, -0.1) is 12.6 Å². The van der Waals surface area contributed by atoms with Gasteiger partial charge < -0.3 is 0 Å². The zero-order valence-corrected chi connectivity index (χ0v) is 20.4. The van der Waals surface area contributed by atoms with Crippen molar-refractivity contribution in [3.05, 3.63) is 41.7 Å². The van der Waals surface area contributed by atoms with Gasteiger partial charge in [0, 0.05) is 22.9 Å². The molecule has 0 spiro atoms. The topological polar surface area (TPSA) is 25.8 Å². The SMILES string of the molecule is CCCCCCCCCCCCc1cnc(-c2ccc(CC(C)CC)cc2S)nc1. The lowest BCUT2D eigenvalue weighted by Gasteiger charge is -2.11. The Hall–Kier alpha value is -1.35. The smallest absolute Gasteiger partial charge is 0.160 e. The Balaban J connectivity index is 1.71.